The van der Waals surface area contributed by atoms with Crippen molar-refractivity contribution < 1.29 is 14.7 Å². The maximum atomic E-state index is 12.1. The molecule has 5 nitrogen and oxygen atoms in total. The molecule has 2 rings (SSSR count). The highest BCUT2D eigenvalue weighted by Crippen LogP contribution is 2.14. The lowest BCUT2D eigenvalue weighted by molar-refractivity contribution is 0.0939. The third kappa shape index (κ3) is 5.47. The summed E-state index contributed by atoms with van der Waals surface area (Å²) < 4.78 is 0. The maximum Gasteiger partial charge on any atom is 0.265 e. The van der Waals surface area contributed by atoms with Crippen LogP contribution in [0.25, 0.3) is 0 Å². The summed E-state index contributed by atoms with van der Waals surface area (Å²) >= 11 is 1.38. The first-order valence-electron chi connectivity index (χ1n) is 7.87. The van der Waals surface area contributed by atoms with E-state index >= 15 is 0 Å². The zero-order valence-electron chi connectivity index (χ0n) is 13.8. The van der Waals surface area contributed by atoms with Gasteiger partial charge in [-0.2, -0.15) is 0 Å². The molecule has 128 valence electrons. The zero-order valence-corrected chi connectivity index (χ0v) is 14.6. The number of rotatable bonds is 7. The van der Waals surface area contributed by atoms with E-state index in [1.165, 1.54) is 11.3 Å². The average molecular weight is 346 g/mol. The van der Waals surface area contributed by atoms with Gasteiger partial charge in [0, 0.05) is 17.8 Å². The number of hydrogen-bond acceptors (Lipinski definition) is 4. The van der Waals surface area contributed by atoms with Crippen LogP contribution >= 0.6 is 11.3 Å². The Morgan fingerprint density at radius 3 is 2.42 bits per heavy atom. The Morgan fingerprint density at radius 2 is 1.83 bits per heavy atom. The van der Waals surface area contributed by atoms with Gasteiger partial charge in [0.2, 0.25) is 0 Å². The minimum atomic E-state index is -0.372. The number of thiophene rings is 1. The molecule has 0 spiro atoms. The average Bonchev–Trinajstić information content (AvgIpc) is 3.07. The van der Waals surface area contributed by atoms with Crippen LogP contribution in [-0.2, 0) is 0 Å². The highest BCUT2D eigenvalue weighted by Gasteiger charge is 2.11. The Hall–Kier alpha value is -2.18. The van der Waals surface area contributed by atoms with E-state index in [-0.39, 0.29) is 23.8 Å². The van der Waals surface area contributed by atoms with Crippen LogP contribution in [0.1, 0.15) is 40.3 Å². The van der Waals surface area contributed by atoms with E-state index in [0.717, 1.165) is 0 Å². The predicted molar refractivity (Wildman–Crippen MR) is 96.5 cm³/mol. The molecule has 0 saturated carbocycles. The summed E-state index contributed by atoms with van der Waals surface area (Å²) in [6.45, 7) is 4.23. The highest BCUT2D eigenvalue weighted by atomic mass is 32.1. The van der Waals surface area contributed by atoms with Gasteiger partial charge in [0.15, 0.2) is 0 Å². The minimum Gasteiger partial charge on any atom is -0.393 e. The van der Waals surface area contributed by atoms with Gasteiger partial charge in [-0.05, 0) is 55.0 Å². The van der Waals surface area contributed by atoms with Crippen LogP contribution in [0, 0.1) is 5.92 Å². The maximum absolute atomic E-state index is 12.1. The quantitative estimate of drug-likeness (QED) is 0.721. The number of anilines is 1. The van der Waals surface area contributed by atoms with Crippen molar-refractivity contribution in [1.29, 1.82) is 0 Å². The third-order valence-electron chi connectivity index (χ3n) is 3.50. The second-order valence-corrected chi connectivity index (χ2v) is 6.86. The zero-order chi connectivity index (χ0) is 17.5. The van der Waals surface area contributed by atoms with Crippen molar-refractivity contribution in [2.75, 3.05) is 11.9 Å². The van der Waals surface area contributed by atoms with Gasteiger partial charge in [0.05, 0.1) is 11.0 Å². The SMILES string of the molecule is CC(O)CC(C)CNC(=O)c1ccc(NC(=O)c2cccs2)cc1. The second-order valence-electron chi connectivity index (χ2n) is 5.91. The summed E-state index contributed by atoms with van der Waals surface area (Å²) in [7, 11) is 0. The van der Waals surface area contributed by atoms with Crippen LogP contribution in [-0.4, -0.2) is 29.6 Å². The van der Waals surface area contributed by atoms with Crippen molar-refractivity contribution in [3.05, 3.63) is 52.2 Å². The summed E-state index contributed by atoms with van der Waals surface area (Å²) in [5.41, 5.74) is 1.18. The van der Waals surface area contributed by atoms with Crippen molar-refractivity contribution in [2.45, 2.75) is 26.4 Å². The molecule has 1 aromatic heterocycles. The van der Waals surface area contributed by atoms with Crippen molar-refractivity contribution in [3.63, 3.8) is 0 Å². The molecule has 0 radical (unpaired) electrons. The molecule has 0 saturated heterocycles. The van der Waals surface area contributed by atoms with Gasteiger partial charge in [-0.25, -0.2) is 0 Å². The topological polar surface area (TPSA) is 78.4 Å². The van der Waals surface area contributed by atoms with Crippen LogP contribution < -0.4 is 10.6 Å². The van der Waals surface area contributed by atoms with E-state index in [1.54, 1.807) is 37.3 Å². The predicted octanol–water partition coefficient (Wildman–Crippen LogP) is 3.14. The van der Waals surface area contributed by atoms with Crippen molar-refractivity contribution >= 4 is 28.8 Å². The molecule has 24 heavy (non-hydrogen) atoms. The Kier molecular flexibility index (Phi) is 6.52. The number of carbonyl (C=O) groups excluding carboxylic acids is 2. The molecule has 3 N–H and O–H groups in total. The van der Waals surface area contributed by atoms with Gasteiger partial charge in [-0.1, -0.05) is 13.0 Å². The molecule has 0 aliphatic heterocycles. The number of aliphatic hydroxyl groups is 1. The standard InChI is InChI=1S/C18H22N2O3S/c1-12(10-13(2)21)11-19-17(22)14-5-7-15(8-6-14)20-18(23)16-4-3-9-24-16/h3-9,12-13,21H,10-11H2,1-2H3,(H,19,22)(H,20,23). The molecule has 2 atom stereocenters. The van der Waals surface area contributed by atoms with E-state index in [0.29, 0.717) is 29.1 Å². The molecule has 2 amide bonds. The highest BCUT2D eigenvalue weighted by molar-refractivity contribution is 7.12. The first kappa shape index (κ1) is 18.2. The van der Waals surface area contributed by atoms with Crippen LogP contribution in [0.5, 0.6) is 0 Å². The summed E-state index contributed by atoms with van der Waals surface area (Å²) in [5.74, 6) is -0.115. The van der Waals surface area contributed by atoms with Crippen LogP contribution in [0.3, 0.4) is 0 Å². The largest absolute Gasteiger partial charge is 0.393 e. The van der Waals surface area contributed by atoms with Crippen molar-refractivity contribution in [1.82, 2.24) is 5.32 Å². The fraction of sp³-hybridized carbons (Fsp3) is 0.333. The Bertz CT molecular complexity index is 666. The van der Waals surface area contributed by atoms with E-state index in [1.807, 2.05) is 18.4 Å². The number of amides is 2. The van der Waals surface area contributed by atoms with Gasteiger partial charge >= 0.3 is 0 Å². The van der Waals surface area contributed by atoms with E-state index in [2.05, 4.69) is 10.6 Å². The molecule has 0 bridgehead atoms. The van der Waals surface area contributed by atoms with Gasteiger partial charge < -0.3 is 15.7 Å². The monoisotopic (exact) mass is 346 g/mol. The van der Waals surface area contributed by atoms with Crippen LogP contribution in [0.15, 0.2) is 41.8 Å². The Labute approximate surface area is 145 Å². The lowest BCUT2D eigenvalue weighted by Gasteiger charge is -2.14. The van der Waals surface area contributed by atoms with Crippen LogP contribution in [0.4, 0.5) is 5.69 Å². The van der Waals surface area contributed by atoms with Gasteiger partial charge in [-0.15, -0.1) is 11.3 Å². The summed E-state index contributed by atoms with van der Waals surface area (Å²) in [6, 6.07) is 10.4. The first-order chi connectivity index (χ1) is 11.5. The molecule has 2 aromatic rings. The van der Waals surface area contributed by atoms with Crippen molar-refractivity contribution in [3.8, 4) is 0 Å². The van der Waals surface area contributed by atoms with E-state index in [9.17, 15) is 14.7 Å². The van der Waals surface area contributed by atoms with E-state index in [4.69, 9.17) is 0 Å². The summed E-state index contributed by atoms with van der Waals surface area (Å²) in [4.78, 5) is 24.7. The molecule has 0 aliphatic carbocycles. The summed E-state index contributed by atoms with van der Waals surface area (Å²) in [5, 5.41) is 16.8. The molecule has 1 aromatic carbocycles. The first-order valence-corrected chi connectivity index (χ1v) is 8.75. The van der Waals surface area contributed by atoms with Gasteiger partial charge in [0.1, 0.15) is 0 Å². The lowest BCUT2D eigenvalue weighted by Crippen LogP contribution is -2.29. The minimum absolute atomic E-state index is 0.158. The van der Waals surface area contributed by atoms with Crippen LogP contribution in [0.2, 0.25) is 0 Å². The van der Waals surface area contributed by atoms with E-state index < -0.39 is 0 Å². The number of hydrogen-bond donors (Lipinski definition) is 3. The van der Waals surface area contributed by atoms with Gasteiger partial charge in [0.25, 0.3) is 11.8 Å². The Morgan fingerprint density at radius 1 is 1.12 bits per heavy atom. The molecule has 2 unspecified atom stereocenters. The number of aliphatic hydroxyl groups excluding tert-OH is 1. The summed E-state index contributed by atoms with van der Waals surface area (Å²) in [6.07, 6.45) is 0.275. The number of nitrogens with one attached hydrogen (secondary N) is 2. The number of benzene rings is 1. The molecule has 0 aliphatic rings. The molecular weight excluding hydrogens is 324 g/mol. The Balaban J connectivity index is 1.87. The fourth-order valence-corrected chi connectivity index (χ4v) is 2.96. The smallest absolute Gasteiger partial charge is 0.265 e. The van der Waals surface area contributed by atoms with Crippen molar-refractivity contribution in [2.24, 2.45) is 5.92 Å². The lowest BCUT2D eigenvalue weighted by atomic mass is 10.0. The normalized spacial score (nSPS) is 13.1. The molecule has 0 fully saturated rings. The fourth-order valence-electron chi connectivity index (χ4n) is 2.34. The third-order valence-corrected chi connectivity index (χ3v) is 4.37. The molecular formula is C18H22N2O3S. The second kappa shape index (κ2) is 8.61. The molecule has 1 heterocycles. The van der Waals surface area contributed by atoms with Gasteiger partial charge in [-0.3, -0.25) is 9.59 Å². The molecule has 6 heteroatoms. The number of carbonyl (C=O) groups is 2.